The fourth-order valence-corrected chi connectivity index (χ4v) is 2.53. The largest absolute Gasteiger partial charge is 0.330 e. The quantitative estimate of drug-likeness (QED) is 0.436. The van der Waals surface area contributed by atoms with Gasteiger partial charge in [0, 0.05) is 0 Å². The van der Waals surface area contributed by atoms with E-state index in [9.17, 15) is 0 Å². The molecule has 0 heterocycles. The Morgan fingerprint density at radius 3 is 1.65 bits per heavy atom. The number of nitrogens with two attached hydrogens (primary N) is 1. The lowest BCUT2D eigenvalue weighted by atomic mass is 9.96. The van der Waals surface area contributed by atoms with Crippen molar-refractivity contribution in [2.75, 3.05) is 6.54 Å². The van der Waals surface area contributed by atoms with E-state index in [4.69, 9.17) is 5.73 Å². The molecular formula is C16H35N. The number of unbranched alkanes of at least 4 members (excludes halogenated alkanes) is 8. The van der Waals surface area contributed by atoms with Gasteiger partial charge in [-0.05, 0) is 25.3 Å². The summed E-state index contributed by atoms with van der Waals surface area (Å²) in [5.74, 6) is 0.796. The smallest absolute Gasteiger partial charge is 0.00489 e. The van der Waals surface area contributed by atoms with Crippen molar-refractivity contribution < 1.29 is 0 Å². The minimum atomic E-state index is 0.796. The summed E-state index contributed by atoms with van der Waals surface area (Å²) in [5.41, 5.74) is 5.77. The van der Waals surface area contributed by atoms with E-state index in [1.165, 1.54) is 77.0 Å². The van der Waals surface area contributed by atoms with Crippen LogP contribution in [0.2, 0.25) is 0 Å². The molecule has 0 rings (SSSR count). The van der Waals surface area contributed by atoms with Gasteiger partial charge in [-0.15, -0.1) is 0 Å². The van der Waals surface area contributed by atoms with Gasteiger partial charge in [0.2, 0.25) is 0 Å². The highest BCUT2D eigenvalue weighted by atomic mass is 14.5. The van der Waals surface area contributed by atoms with Gasteiger partial charge < -0.3 is 5.73 Å². The molecule has 0 bridgehead atoms. The van der Waals surface area contributed by atoms with Crippen molar-refractivity contribution in [1.82, 2.24) is 0 Å². The third-order valence-electron chi connectivity index (χ3n) is 3.75. The summed E-state index contributed by atoms with van der Waals surface area (Å²) in [6.07, 6.45) is 16.8. The van der Waals surface area contributed by atoms with Crippen LogP contribution >= 0.6 is 0 Å². The van der Waals surface area contributed by atoms with Crippen molar-refractivity contribution in [3.63, 3.8) is 0 Å². The Morgan fingerprint density at radius 2 is 1.18 bits per heavy atom. The summed E-state index contributed by atoms with van der Waals surface area (Å²) in [5, 5.41) is 0. The van der Waals surface area contributed by atoms with Crippen molar-refractivity contribution in [3.8, 4) is 0 Å². The predicted octanol–water partition coefficient (Wildman–Crippen LogP) is 5.28. The molecule has 0 fully saturated rings. The summed E-state index contributed by atoms with van der Waals surface area (Å²) in [7, 11) is 0. The van der Waals surface area contributed by atoms with Crippen molar-refractivity contribution in [1.29, 1.82) is 0 Å². The Labute approximate surface area is 110 Å². The molecule has 1 nitrogen and oxygen atoms in total. The number of rotatable bonds is 13. The molecule has 1 unspecified atom stereocenters. The molecule has 0 aliphatic rings. The molecule has 104 valence electrons. The van der Waals surface area contributed by atoms with Crippen LogP contribution in [0.15, 0.2) is 0 Å². The van der Waals surface area contributed by atoms with Crippen LogP contribution in [0.25, 0.3) is 0 Å². The van der Waals surface area contributed by atoms with Gasteiger partial charge in [-0.3, -0.25) is 0 Å². The molecule has 0 saturated heterocycles. The summed E-state index contributed by atoms with van der Waals surface area (Å²) < 4.78 is 0. The summed E-state index contributed by atoms with van der Waals surface area (Å²) in [6.45, 7) is 5.44. The van der Waals surface area contributed by atoms with E-state index in [1.54, 1.807) is 0 Å². The lowest BCUT2D eigenvalue weighted by molar-refractivity contribution is 0.427. The molecule has 0 radical (unpaired) electrons. The van der Waals surface area contributed by atoms with Gasteiger partial charge in [0.25, 0.3) is 0 Å². The molecule has 0 amide bonds. The van der Waals surface area contributed by atoms with E-state index in [0.717, 1.165) is 12.5 Å². The SMILES string of the molecule is CCCCCCCCCCCC(CN)CCC. The first-order valence-corrected chi connectivity index (χ1v) is 8.05. The fourth-order valence-electron chi connectivity index (χ4n) is 2.53. The molecule has 0 aromatic heterocycles. The van der Waals surface area contributed by atoms with Gasteiger partial charge in [-0.2, -0.15) is 0 Å². The molecule has 17 heavy (non-hydrogen) atoms. The minimum Gasteiger partial charge on any atom is -0.330 e. The number of hydrogen-bond donors (Lipinski definition) is 1. The Bertz CT molecular complexity index is 133. The molecule has 0 aromatic rings. The maximum absolute atomic E-state index is 5.77. The highest BCUT2D eigenvalue weighted by molar-refractivity contribution is 4.59. The standard InChI is InChI=1S/C16H35N/c1-3-5-6-7-8-9-10-11-12-14-16(15-17)13-4-2/h16H,3-15,17H2,1-2H3. The van der Waals surface area contributed by atoms with Gasteiger partial charge in [0.15, 0.2) is 0 Å². The highest BCUT2D eigenvalue weighted by Crippen LogP contribution is 2.16. The first-order chi connectivity index (χ1) is 8.35. The van der Waals surface area contributed by atoms with Crippen molar-refractivity contribution in [2.45, 2.75) is 90.9 Å². The lowest BCUT2D eigenvalue weighted by Gasteiger charge is -2.12. The first kappa shape index (κ1) is 17.0. The van der Waals surface area contributed by atoms with Crippen LogP contribution in [0, 0.1) is 5.92 Å². The monoisotopic (exact) mass is 241 g/mol. The van der Waals surface area contributed by atoms with Crippen LogP contribution in [-0.2, 0) is 0 Å². The second kappa shape index (κ2) is 14.0. The van der Waals surface area contributed by atoms with E-state index >= 15 is 0 Å². The van der Waals surface area contributed by atoms with Gasteiger partial charge in [0.1, 0.15) is 0 Å². The third-order valence-corrected chi connectivity index (χ3v) is 3.75. The third kappa shape index (κ3) is 12.2. The van der Waals surface area contributed by atoms with Crippen LogP contribution in [0.4, 0.5) is 0 Å². The van der Waals surface area contributed by atoms with Crippen molar-refractivity contribution in [2.24, 2.45) is 11.7 Å². The zero-order valence-corrected chi connectivity index (χ0v) is 12.3. The Balaban J connectivity index is 3.11. The van der Waals surface area contributed by atoms with E-state index in [2.05, 4.69) is 13.8 Å². The molecule has 2 N–H and O–H groups in total. The Hall–Kier alpha value is -0.0400. The maximum Gasteiger partial charge on any atom is -0.00489 e. The Morgan fingerprint density at radius 1 is 0.647 bits per heavy atom. The lowest BCUT2D eigenvalue weighted by Crippen LogP contribution is -2.13. The second-order valence-electron chi connectivity index (χ2n) is 5.51. The predicted molar refractivity (Wildman–Crippen MR) is 79.3 cm³/mol. The van der Waals surface area contributed by atoms with Gasteiger partial charge in [0.05, 0.1) is 0 Å². The summed E-state index contributed by atoms with van der Waals surface area (Å²) >= 11 is 0. The normalized spacial score (nSPS) is 12.9. The zero-order chi connectivity index (χ0) is 12.8. The van der Waals surface area contributed by atoms with Gasteiger partial charge in [-0.1, -0.05) is 78.1 Å². The van der Waals surface area contributed by atoms with E-state index in [0.29, 0.717) is 0 Å². The van der Waals surface area contributed by atoms with Crippen LogP contribution < -0.4 is 5.73 Å². The van der Waals surface area contributed by atoms with Crippen LogP contribution in [0.5, 0.6) is 0 Å². The molecule has 1 atom stereocenters. The summed E-state index contributed by atoms with van der Waals surface area (Å²) in [4.78, 5) is 0. The average molecular weight is 241 g/mol. The topological polar surface area (TPSA) is 26.0 Å². The molecule has 0 aromatic carbocycles. The van der Waals surface area contributed by atoms with Crippen LogP contribution in [0.1, 0.15) is 90.9 Å². The molecule has 1 heteroatoms. The van der Waals surface area contributed by atoms with E-state index < -0.39 is 0 Å². The second-order valence-corrected chi connectivity index (χ2v) is 5.51. The Kier molecular flexibility index (Phi) is 14.0. The zero-order valence-electron chi connectivity index (χ0n) is 12.3. The molecule has 0 aliphatic carbocycles. The van der Waals surface area contributed by atoms with Crippen LogP contribution in [0.3, 0.4) is 0 Å². The van der Waals surface area contributed by atoms with Crippen molar-refractivity contribution >= 4 is 0 Å². The minimum absolute atomic E-state index is 0.796. The molecule has 0 spiro atoms. The number of hydrogen-bond acceptors (Lipinski definition) is 1. The summed E-state index contributed by atoms with van der Waals surface area (Å²) in [6, 6.07) is 0. The first-order valence-electron chi connectivity index (χ1n) is 8.05. The maximum atomic E-state index is 5.77. The van der Waals surface area contributed by atoms with Gasteiger partial charge >= 0.3 is 0 Å². The van der Waals surface area contributed by atoms with E-state index in [1.807, 2.05) is 0 Å². The van der Waals surface area contributed by atoms with Crippen LogP contribution in [-0.4, -0.2) is 6.54 Å². The highest BCUT2D eigenvalue weighted by Gasteiger charge is 2.04. The molecule has 0 aliphatic heterocycles. The average Bonchev–Trinajstić information content (AvgIpc) is 2.35. The van der Waals surface area contributed by atoms with E-state index in [-0.39, 0.29) is 0 Å². The van der Waals surface area contributed by atoms with Crippen molar-refractivity contribution in [3.05, 3.63) is 0 Å². The molecule has 0 saturated carbocycles. The van der Waals surface area contributed by atoms with Gasteiger partial charge in [-0.25, -0.2) is 0 Å². The fraction of sp³-hybridized carbons (Fsp3) is 1.00. The molecular weight excluding hydrogens is 206 g/mol.